The number of ether oxygens (including phenoxy) is 1. The molecule has 0 rings (SSSR count). The van der Waals surface area contributed by atoms with Crippen LogP contribution in [0.4, 0.5) is 0 Å². The highest BCUT2D eigenvalue weighted by molar-refractivity contribution is 4.80. The second-order valence-corrected chi connectivity index (χ2v) is 6.34. The maximum Gasteiger partial charge on any atom is 0.0682 e. The van der Waals surface area contributed by atoms with E-state index in [4.69, 9.17) is 4.74 Å². The largest absolute Gasteiger partial charge is 0.375 e. The van der Waals surface area contributed by atoms with E-state index in [1.54, 1.807) is 0 Å². The fourth-order valence-corrected chi connectivity index (χ4v) is 3.28. The van der Waals surface area contributed by atoms with Gasteiger partial charge >= 0.3 is 0 Å². The van der Waals surface area contributed by atoms with Crippen LogP contribution in [-0.4, -0.2) is 12.2 Å². The SMILES string of the molecule is CCCCCCCC(CCC)(CCCCCC)OCC. The lowest BCUT2D eigenvalue weighted by Crippen LogP contribution is -2.32. The Kier molecular flexibility index (Phi) is 13.9. The summed E-state index contributed by atoms with van der Waals surface area (Å²) in [5.74, 6) is 0. The van der Waals surface area contributed by atoms with Gasteiger partial charge in [-0.15, -0.1) is 0 Å². The van der Waals surface area contributed by atoms with Crippen LogP contribution in [0.2, 0.25) is 0 Å². The molecule has 0 bridgehead atoms. The first kappa shape index (κ1) is 20.0. The summed E-state index contributed by atoms with van der Waals surface area (Å²) in [5.41, 5.74) is 0.198. The quantitative estimate of drug-likeness (QED) is 0.297. The third-order valence-corrected chi connectivity index (χ3v) is 4.38. The molecule has 0 amide bonds. The molecule has 0 saturated heterocycles. The first-order valence-electron chi connectivity index (χ1n) is 9.38. The molecular weight excluding hydrogens is 244 g/mol. The summed E-state index contributed by atoms with van der Waals surface area (Å²) in [6.45, 7) is 9.91. The lowest BCUT2D eigenvalue weighted by Gasteiger charge is -2.34. The molecule has 20 heavy (non-hydrogen) atoms. The Hall–Kier alpha value is -0.0400. The van der Waals surface area contributed by atoms with Gasteiger partial charge in [0.2, 0.25) is 0 Å². The number of hydrogen-bond acceptors (Lipinski definition) is 1. The van der Waals surface area contributed by atoms with Gasteiger partial charge < -0.3 is 4.74 Å². The molecule has 1 nitrogen and oxygen atoms in total. The highest BCUT2D eigenvalue weighted by atomic mass is 16.5. The van der Waals surface area contributed by atoms with E-state index in [1.165, 1.54) is 83.5 Å². The molecule has 1 heteroatoms. The van der Waals surface area contributed by atoms with E-state index in [2.05, 4.69) is 27.7 Å². The minimum atomic E-state index is 0.198. The van der Waals surface area contributed by atoms with Crippen molar-refractivity contribution in [2.45, 2.75) is 117 Å². The Labute approximate surface area is 128 Å². The molecule has 0 aliphatic carbocycles. The number of rotatable bonds is 15. The van der Waals surface area contributed by atoms with Crippen LogP contribution in [0.3, 0.4) is 0 Å². The van der Waals surface area contributed by atoms with Gasteiger partial charge in [-0.2, -0.15) is 0 Å². The summed E-state index contributed by atoms with van der Waals surface area (Å²) in [6, 6.07) is 0. The van der Waals surface area contributed by atoms with Gasteiger partial charge in [0.25, 0.3) is 0 Å². The normalized spacial score (nSPS) is 14.4. The van der Waals surface area contributed by atoms with Crippen LogP contribution in [0, 0.1) is 0 Å². The van der Waals surface area contributed by atoms with Crippen LogP contribution in [0.25, 0.3) is 0 Å². The van der Waals surface area contributed by atoms with E-state index in [1.807, 2.05) is 0 Å². The fourth-order valence-electron chi connectivity index (χ4n) is 3.28. The fraction of sp³-hybridized carbons (Fsp3) is 1.00. The molecule has 0 heterocycles. The lowest BCUT2D eigenvalue weighted by atomic mass is 9.85. The van der Waals surface area contributed by atoms with Crippen LogP contribution >= 0.6 is 0 Å². The average Bonchev–Trinajstić information content (AvgIpc) is 2.44. The highest BCUT2D eigenvalue weighted by Crippen LogP contribution is 2.31. The molecule has 0 aromatic heterocycles. The van der Waals surface area contributed by atoms with Crippen molar-refractivity contribution in [1.82, 2.24) is 0 Å². The van der Waals surface area contributed by atoms with Gasteiger partial charge in [-0.3, -0.25) is 0 Å². The molecule has 0 aliphatic heterocycles. The van der Waals surface area contributed by atoms with E-state index < -0.39 is 0 Å². The Bertz CT molecular complexity index is 182. The zero-order chi connectivity index (χ0) is 15.1. The van der Waals surface area contributed by atoms with E-state index >= 15 is 0 Å². The Morgan fingerprint density at radius 1 is 0.550 bits per heavy atom. The predicted molar refractivity (Wildman–Crippen MR) is 91.4 cm³/mol. The van der Waals surface area contributed by atoms with Crippen molar-refractivity contribution >= 4 is 0 Å². The maximum absolute atomic E-state index is 6.26. The minimum absolute atomic E-state index is 0.198. The van der Waals surface area contributed by atoms with E-state index in [0.29, 0.717) is 0 Å². The van der Waals surface area contributed by atoms with Crippen molar-refractivity contribution in [2.24, 2.45) is 0 Å². The van der Waals surface area contributed by atoms with Crippen molar-refractivity contribution in [3.05, 3.63) is 0 Å². The first-order chi connectivity index (χ1) is 9.74. The van der Waals surface area contributed by atoms with Gasteiger partial charge in [0.1, 0.15) is 0 Å². The summed E-state index contributed by atoms with van der Waals surface area (Å²) >= 11 is 0. The van der Waals surface area contributed by atoms with Crippen molar-refractivity contribution in [1.29, 1.82) is 0 Å². The van der Waals surface area contributed by atoms with Gasteiger partial charge in [0.15, 0.2) is 0 Å². The molecule has 0 N–H and O–H groups in total. The summed E-state index contributed by atoms with van der Waals surface area (Å²) in [5, 5.41) is 0. The molecule has 0 saturated carbocycles. The van der Waals surface area contributed by atoms with E-state index in [0.717, 1.165) is 6.61 Å². The summed E-state index contributed by atoms with van der Waals surface area (Å²) in [4.78, 5) is 0. The topological polar surface area (TPSA) is 9.23 Å². The zero-order valence-corrected chi connectivity index (χ0v) is 14.8. The molecule has 0 aliphatic rings. The van der Waals surface area contributed by atoms with Gasteiger partial charge in [-0.1, -0.05) is 85.0 Å². The molecule has 0 aromatic carbocycles. The average molecular weight is 285 g/mol. The molecule has 0 aromatic rings. The summed E-state index contributed by atoms with van der Waals surface area (Å²) in [6.07, 6.45) is 17.4. The summed E-state index contributed by atoms with van der Waals surface area (Å²) in [7, 11) is 0. The van der Waals surface area contributed by atoms with Gasteiger partial charge in [-0.05, 0) is 26.2 Å². The summed E-state index contributed by atoms with van der Waals surface area (Å²) < 4.78 is 6.26. The monoisotopic (exact) mass is 284 g/mol. The Balaban J connectivity index is 4.18. The molecule has 1 unspecified atom stereocenters. The lowest BCUT2D eigenvalue weighted by molar-refractivity contribution is -0.0613. The van der Waals surface area contributed by atoms with Gasteiger partial charge in [0, 0.05) is 6.61 Å². The molecule has 0 spiro atoms. The predicted octanol–water partition coefficient (Wildman–Crippen LogP) is 6.89. The van der Waals surface area contributed by atoms with E-state index in [9.17, 15) is 0 Å². The smallest absolute Gasteiger partial charge is 0.0682 e. The van der Waals surface area contributed by atoms with Crippen molar-refractivity contribution in [3.63, 3.8) is 0 Å². The molecular formula is C19H40O. The van der Waals surface area contributed by atoms with Gasteiger partial charge in [0.05, 0.1) is 5.60 Å². The number of hydrogen-bond donors (Lipinski definition) is 0. The van der Waals surface area contributed by atoms with Crippen LogP contribution in [0.1, 0.15) is 111 Å². The van der Waals surface area contributed by atoms with Crippen LogP contribution in [0.5, 0.6) is 0 Å². The second-order valence-electron chi connectivity index (χ2n) is 6.34. The van der Waals surface area contributed by atoms with Crippen LogP contribution < -0.4 is 0 Å². The maximum atomic E-state index is 6.26. The third kappa shape index (κ3) is 9.80. The highest BCUT2D eigenvalue weighted by Gasteiger charge is 2.28. The number of unbranched alkanes of at least 4 members (excludes halogenated alkanes) is 7. The van der Waals surface area contributed by atoms with Crippen molar-refractivity contribution in [3.8, 4) is 0 Å². The van der Waals surface area contributed by atoms with Crippen LogP contribution in [0.15, 0.2) is 0 Å². The molecule has 122 valence electrons. The van der Waals surface area contributed by atoms with E-state index in [-0.39, 0.29) is 5.60 Å². The Morgan fingerprint density at radius 2 is 1.05 bits per heavy atom. The second kappa shape index (κ2) is 13.9. The standard InChI is InChI=1S/C19H40O/c1-5-9-11-13-15-18-19(16-7-3,20-8-4)17-14-12-10-6-2/h5-18H2,1-4H3. The van der Waals surface area contributed by atoms with Crippen LogP contribution in [-0.2, 0) is 4.74 Å². The molecule has 0 radical (unpaired) electrons. The Morgan fingerprint density at radius 3 is 1.50 bits per heavy atom. The zero-order valence-electron chi connectivity index (χ0n) is 14.8. The van der Waals surface area contributed by atoms with Gasteiger partial charge in [-0.25, -0.2) is 0 Å². The molecule has 1 atom stereocenters. The first-order valence-corrected chi connectivity index (χ1v) is 9.38. The third-order valence-electron chi connectivity index (χ3n) is 4.38. The molecule has 0 fully saturated rings. The van der Waals surface area contributed by atoms with Crippen molar-refractivity contribution < 1.29 is 4.74 Å². The minimum Gasteiger partial charge on any atom is -0.375 e. The van der Waals surface area contributed by atoms with Crippen molar-refractivity contribution in [2.75, 3.05) is 6.61 Å².